The molecule has 0 spiro atoms. The van der Waals surface area contributed by atoms with Crippen molar-refractivity contribution in [3.05, 3.63) is 101 Å². The van der Waals surface area contributed by atoms with Gasteiger partial charge in [-0.3, -0.25) is 4.72 Å². The molecule has 3 N–H and O–H groups in total. The van der Waals surface area contributed by atoms with Crippen molar-refractivity contribution in [2.24, 2.45) is 5.92 Å². The molecule has 0 amide bonds. The minimum absolute atomic E-state index is 0.00731. The number of sulfonamides is 1. The van der Waals surface area contributed by atoms with Crippen molar-refractivity contribution < 1.29 is 18.3 Å². The zero-order valence-corrected chi connectivity index (χ0v) is 18.8. The minimum atomic E-state index is -3.73. The van der Waals surface area contributed by atoms with Crippen LogP contribution in [0.1, 0.15) is 45.4 Å². The third kappa shape index (κ3) is 3.89. The van der Waals surface area contributed by atoms with Crippen molar-refractivity contribution in [3.63, 3.8) is 0 Å². The Bertz CT molecular complexity index is 1360. The molecule has 2 aliphatic rings. The molecule has 0 saturated carbocycles. The Morgan fingerprint density at radius 2 is 1.82 bits per heavy atom. The third-order valence-corrected chi connectivity index (χ3v) is 7.91. The van der Waals surface area contributed by atoms with E-state index in [4.69, 9.17) is 0 Å². The van der Waals surface area contributed by atoms with Gasteiger partial charge in [0, 0.05) is 11.6 Å². The Morgan fingerprint density at radius 3 is 2.55 bits per heavy atom. The molecular weight excluding hydrogens is 436 g/mol. The van der Waals surface area contributed by atoms with E-state index in [1.165, 1.54) is 0 Å². The molecule has 0 aromatic heterocycles. The molecule has 3 aromatic carbocycles. The average Bonchev–Trinajstić information content (AvgIpc) is 3.30. The number of aromatic carboxylic acids is 1. The van der Waals surface area contributed by atoms with E-state index in [1.807, 2.05) is 37.3 Å². The van der Waals surface area contributed by atoms with Gasteiger partial charge in [-0.15, -0.1) is 0 Å². The number of rotatable bonds is 5. The van der Waals surface area contributed by atoms with Crippen LogP contribution in [0.2, 0.25) is 0 Å². The second-order valence-corrected chi connectivity index (χ2v) is 10.3. The van der Waals surface area contributed by atoms with Crippen LogP contribution in [0.15, 0.2) is 83.8 Å². The number of anilines is 2. The Hall–Kier alpha value is -3.58. The fourth-order valence-corrected chi connectivity index (χ4v) is 5.96. The second kappa shape index (κ2) is 8.08. The molecular formula is C26H24N2O4S. The van der Waals surface area contributed by atoms with Crippen LogP contribution in [0, 0.1) is 12.8 Å². The molecule has 3 aromatic rings. The van der Waals surface area contributed by atoms with E-state index in [1.54, 1.807) is 36.4 Å². The van der Waals surface area contributed by atoms with E-state index in [2.05, 4.69) is 22.2 Å². The van der Waals surface area contributed by atoms with Gasteiger partial charge in [0.1, 0.15) is 0 Å². The number of aryl methyl sites for hydroxylation is 1. The van der Waals surface area contributed by atoms with Gasteiger partial charge in [0.05, 0.1) is 22.2 Å². The van der Waals surface area contributed by atoms with Crippen molar-refractivity contribution in [1.29, 1.82) is 0 Å². The van der Waals surface area contributed by atoms with E-state index in [0.717, 1.165) is 28.8 Å². The van der Waals surface area contributed by atoms with Crippen LogP contribution in [-0.4, -0.2) is 19.5 Å². The normalized spacial score (nSPS) is 21.1. The van der Waals surface area contributed by atoms with Crippen LogP contribution in [-0.2, 0) is 10.0 Å². The van der Waals surface area contributed by atoms with E-state index >= 15 is 0 Å². The van der Waals surface area contributed by atoms with Crippen molar-refractivity contribution in [2.45, 2.75) is 30.2 Å². The first-order chi connectivity index (χ1) is 15.8. The molecule has 1 aliphatic carbocycles. The SMILES string of the molecule is Cc1ccccc1NS(=O)(=O)c1ccc2c(c1)C1C=CCC1C(c1ccc(C(=O)O)cc1)N2. The van der Waals surface area contributed by atoms with Gasteiger partial charge in [-0.2, -0.15) is 0 Å². The van der Waals surface area contributed by atoms with Crippen molar-refractivity contribution >= 4 is 27.4 Å². The summed E-state index contributed by atoms with van der Waals surface area (Å²) in [6, 6.07) is 19.5. The Morgan fingerprint density at radius 1 is 1.06 bits per heavy atom. The predicted molar refractivity (Wildman–Crippen MR) is 128 cm³/mol. The van der Waals surface area contributed by atoms with E-state index in [-0.39, 0.29) is 28.3 Å². The molecule has 1 aliphatic heterocycles. The minimum Gasteiger partial charge on any atom is -0.478 e. The number of hydrogen-bond donors (Lipinski definition) is 3. The largest absolute Gasteiger partial charge is 0.478 e. The summed E-state index contributed by atoms with van der Waals surface area (Å²) in [7, 11) is -3.73. The molecule has 3 atom stereocenters. The summed E-state index contributed by atoms with van der Waals surface area (Å²) in [6.45, 7) is 1.87. The van der Waals surface area contributed by atoms with Gasteiger partial charge < -0.3 is 10.4 Å². The number of carboxylic acid groups (broad SMARTS) is 1. The number of carboxylic acids is 1. The Kier molecular flexibility index (Phi) is 5.21. The molecule has 0 radical (unpaired) electrons. The highest BCUT2D eigenvalue weighted by molar-refractivity contribution is 7.92. The topological polar surface area (TPSA) is 95.5 Å². The molecule has 0 fully saturated rings. The predicted octanol–water partition coefficient (Wildman–Crippen LogP) is 5.32. The van der Waals surface area contributed by atoms with Crippen LogP contribution < -0.4 is 10.0 Å². The third-order valence-electron chi connectivity index (χ3n) is 6.55. The quantitative estimate of drug-likeness (QED) is 0.448. The van der Waals surface area contributed by atoms with Gasteiger partial charge >= 0.3 is 5.97 Å². The zero-order chi connectivity index (χ0) is 23.2. The summed E-state index contributed by atoms with van der Waals surface area (Å²) < 4.78 is 28.9. The molecule has 5 rings (SSSR count). The molecule has 0 saturated heterocycles. The number of allylic oxidation sites excluding steroid dienone is 2. The van der Waals surface area contributed by atoms with Crippen molar-refractivity contribution in [3.8, 4) is 0 Å². The molecule has 3 unspecified atom stereocenters. The van der Waals surface area contributed by atoms with Gasteiger partial charge in [0.25, 0.3) is 10.0 Å². The second-order valence-electron chi connectivity index (χ2n) is 8.57. The summed E-state index contributed by atoms with van der Waals surface area (Å²) in [5.41, 5.74) is 4.55. The number of hydrogen-bond acceptors (Lipinski definition) is 4. The Balaban J connectivity index is 1.47. The fraction of sp³-hybridized carbons (Fsp3) is 0.192. The standard InChI is InChI=1S/C26H24N2O4S/c1-16-5-2-3-8-23(16)28-33(31,32)19-13-14-24-22(15-19)20-6-4-7-21(20)25(27-24)17-9-11-18(12-10-17)26(29)30/h2-6,8-15,20-21,25,27-28H,7H2,1H3,(H,29,30). The monoisotopic (exact) mass is 460 g/mol. The Labute approximate surface area is 193 Å². The van der Waals surface area contributed by atoms with Gasteiger partial charge in [-0.25, -0.2) is 13.2 Å². The van der Waals surface area contributed by atoms with Crippen LogP contribution in [0.5, 0.6) is 0 Å². The first-order valence-electron chi connectivity index (χ1n) is 10.8. The van der Waals surface area contributed by atoms with Crippen LogP contribution >= 0.6 is 0 Å². The van der Waals surface area contributed by atoms with Crippen LogP contribution in [0.4, 0.5) is 11.4 Å². The number of nitrogens with one attached hydrogen (secondary N) is 2. The van der Waals surface area contributed by atoms with Gasteiger partial charge in [-0.05, 0) is 72.4 Å². The molecule has 0 bridgehead atoms. The summed E-state index contributed by atoms with van der Waals surface area (Å²) in [5.74, 6) is -0.647. The first-order valence-corrected chi connectivity index (χ1v) is 12.3. The molecule has 33 heavy (non-hydrogen) atoms. The highest BCUT2D eigenvalue weighted by Crippen LogP contribution is 2.50. The molecule has 7 heteroatoms. The highest BCUT2D eigenvalue weighted by Gasteiger charge is 2.38. The highest BCUT2D eigenvalue weighted by atomic mass is 32.2. The number of carbonyl (C=O) groups is 1. The van der Waals surface area contributed by atoms with E-state index in [9.17, 15) is 18.3 Å². The lowest BCUT2D eigenvalue weighted by Crippen LogP contribution is -2.29. The van der Waals surface area contributed by atoms with Crippen LogP contribution in [0.3, 0.4) is 0 Å². The first kappa shape index (κ1) is 21.3. The maximum Gasteiger partial charge on any atom is 0.335 e. The maximum atomic E-state index is 13.1. The number of para-hydroxylation sites is 1. The number of fused-ring (bicyclic) bond motifs is 3. The average molecular weight is 461 g/mol. The smallest absolute Gasteiger partial charge is 0.335 e. The van der Waals surface area contributed by atoms with Crippen LogP contribution in [0.25, 0.3) is 0 Å². The van der Waals surface area contributed by atoms with Crippen molar-refractivity contribution in [1.82, 2.24) is 0 Å². The van der Waals surface area contributed by atoms with Gasteiger partial charge in [0.15, 0.2) is 0 Å². The zero-order valence-electron chi connectivity index (χ0n) is 18.0. The van der Waals surface area contributed by atoms with E-state index in [0.29, 0.717) is 5.69 Å². The summed E-state index contributed by atoms with van der Waals surface area (Å²) >= 11 is 0. The lowest BCUT2D eigenvalue weighted by Gasteiger charge is -2.37. The summed E-state index contributed by atoms with van der Waals surface area (Å²) in [4.78, 5) is 11.4. The van der Waals surface area contributed by atoms with E-state index < -0.39 is 16.0 Å². The lowest BCUT2D eigenvalue weighted by molar-refractivity contribution is 0.0697. The number of benzene rings is 3. The molecule has 1 heterocycles. The van der Waals surface area contributed by atoms with Gasteiger partial charge in [0.2, 0.25) is 0 Å². The molecule has 6 nitrogen and oxygen atoms in total. The fourth-order valence-electron chi connectivity index (χ4n) is 4.79. The molecule has 168 valence electrons. The lowest BCUT2D eigenvalue weighted by atomic mass is 9.77. The summed E-state index contributed by atoms with van der Waals surface area (Å²) in [5, 5.41) is 12.8. The van der Waals surface area contributed by atoms with Crippen molar-refractivity contribution in [2.75, 3.05) is 10.0 Å². The maximum absolute atomic E-state index is 13.1. The van der Waals surface area contributed by atoms with Gasteiger partial charge in [-0.1, -0.05) is 42.5 Å². The summed E-state index contributed by atoms with van der Waals surface area (Å²) in [6.07, 6.45) is 5.15.